The molecule has 25 heavy (non-hydrogen) atoms. The van der Waals surface area contributed by atoms with E-state index in [1.54, 1.807) is 12.0 Å². The van der Waals surface area contributed by atoms with Crippen molar-refractivity contribution < 1.29 is 9.53 Å². The Kier molecular flexibility index (Phi) is 6.45. The molecule has 134 valence electrons. The summed E-state index contributed by atoms with van der Waals surface area (Å²) in [5, 5.41) is 3.02. The average Bonchev–Trinajstić information content (AvgIpc) is 2.62. The van der Waals surface area contributed by atoms with Gasteiger partial charge in [-0.3, -0.25) is 0 Å². The summed E-state index contributed by atoms with van der Waals surface area (Å²) >= 11 is 0. The van der Waals surface area contributed by atoms with Crippen molar-refractivity contribution in [2.75, 3.05) is 19.5 Å². The predicted molar refractivity (Wildman–Crippen MR) is 103 cm³/mol. The van der Waals surface area contributed by atoms with Crippen molar-refractivity contribution in [1.29, 1.82) is 0 Å². The van der Waals surface area contributed by atoms with E-state index in [-0.39, 0.29) is 12.1 Å². The first kappa shape index (κ1) is 18.8. The Morgan fingerprint density at radius 2 is 1.84 bits per heavy atom. The quantitative estimate of drug-likeness (QED) is 0.821. The monoisotopic (exact) mass is 340 g/mol. The second-order valence-corrected chi connectivity index (χ2v) is 6.60. The van der Waals surface area contributed by atoms with Gasteiger partial charge in [-0.05, 0) is 68.5 Å². The number of hydrogen-bond acceptors (Lipinski definition) is 2. The van der Waals surface area contributed by atoms with Gasteiger partial charge in [0.1, 0.15) is 5.75 Å². The fraction of sp³-hybridized carbons (Fsp3) is 0.381. The second kappa shape index (κ2) is 8.56. The first-order valence-corrected chi connectivity index (χ1v) is 8.64. The number of nitrogens with zero attached hydrogens (tertiary/aromatic N) is 1. The molecule has 2 aromatic carbocycles. The average molecular weight is 340 g/mol. The largest absolute Gasteiger partial charge is 0.497 e. The van der Waals surface area contributed by atoms with Gasteiger partial charge < -0.3 is 15.0 Å². The molecule has 0 fully saturated rings. The maximum Gasteiger partial charge on any atom is 0.321 e. The highest BCUT2D eigenvalue weighted by atomic mass is 16.5. The van der Waals surface area contributed by atoms with Gasteiger partial charge in [-0.1, -0.05) is 24.3 Å². The number of benzene rings is 2. The van der Waals surface area contributed by atoms with Gasteiger partial charge in [-0.25, -0.2) is 4.79 Å². The molecule has 1 unspecified atom stereocenters. The van der Waals surface area contributed by atoms with Crippen LogP contribution in [0.1, 0.15) is 30.0 Å². The van der Waals surface area contributed by atoms with Crippen LogP contribution in [0.5, 0.6) is 5.75 Å². The standard InChI is InChI=1S/C21H28N2O2/c1-15-6-7-16(2)20(14-15)22-21(24)23(4)17(3)8-9-18-10-12-19(25-5)13-11-18/h6-7,10-14,17H,8-9H2,1-5H3,(H,22,24). The van der Waals surface area contributed by atoms with E-state index in [1.165, 1.54) is 5.56 Å². The molecule has 0 bridgehead atoms. The first-order chi connectivity index (χ1) is 11.9. The van der Waals surface area contributed by atoms with Gasteiger partial charge in [0.2, 0.25) is 0 Å². The number of amides is 2. The molecule has 4 heteroatoms. The van der Waals surface area contributed by atoms with Crippen molar-refractivity contribution in [3.63, 3.8) is 0 Å². The number of aryl methyl sites for hydroxylation is 3. The minimum Gasteiger partial charge on any atom is -0.497 e. The van der Waals surface area contributed by atoms with E-state index in [9.17, 15) is 4.79 Å². The smallest absolute Gasteiger partial charge is 0.321 e. The van der Waals surface area contributed by atoms with Crippen LogP contribution in [0.3, 0.4) is 0 Å². The van der Waals surface area contributed by atoms with E-state index in [1.807, 2.05) is 51.2 Å². The molecule has 0 aliphatic carbocycles. The number of carbonyl (C=O) groups is 1. The van der Waals surface area contributed by atoms with Crippen LogP contribution in [0.25, 0.3) is 0 Å². The molecular weight excluding hydrogens is 312 g/mol. The molecule has 4 nitrogen and oxygen atoms in total. The zero-order chi connectivity index (χ0) is 18.4. The number of hydrogen-bond donors (Lipinski definition) is 1. The van der Waals surface area contributed by atoms with Gasteiger partial charge in [0, 0.05) is 18.8 Å². The van der Waals surface area contributed by atoms with Crippen LogP contribution >= 0.6 is 0 Å². The maximum atomic E-state index is 12.5. The number of methoxy groups -OCH3 is 1. The molecule has 2 aromatic rings. The zero-order valence-electron chi connectivity index (χ0n) is 15.8. The fourth-order valence-corrected chi connectivity index (χ4v) is 2.64. The van der Waals surface area contributed by atoms with Crippen LogP contribution in [0.4, 0.5) is 10.5 Å². The molecule has 0 aromatic heterocycles. The van der Waals surface area contributed by atoms with Gasteiger partial charge in [0.25, 0.3) is 0 Å². The third-order valence-electron chi connectivity index (χ3n) is 4.63. The number of ether oxygens (including phenoxy) is 1. The van der Waals surface area contributed by atoms with E-state index in [4.69, 9.17) is 4.74 Å². The van der Waals surface area contributed by atoms with Gasteiger partial charge >= 0.3 is 6.03 Å². The molecule has 2 rings (SSSR count). The third kappa shape index (κ3) is 5.24. The minimum absolute atomic E-state index is 0.0732. The molecular formula is C21H28N2O2. The number of anilines is 1. The fourth-order valence-electron chi connectivity index (χ4n) is 2.64. The van der Waals surface area contributed by atoms with E-state index in [2.05, 4.69) is 24.4 Å². The number of carbonyl (C=O) groups excluding carboxylic acids is 1. The number of nitrogens with one attached hydrogen (secondary N) is 1. The summed E-state index contributed by atoms with van der Waals surface area (Å²) in [6, 6.07) is 14.2. The van der Waals surface area contributed by atoms with Crippen LogP contribution < -0.4 is 10.1 Å². The van der Waals surface area contributed by atoms with Gasteiger partial charge in [-0.2, -0.15) is 0 Å². The highest BCUT2D eigenvalue weighted by molar-refractivity contribution is 5.90. The molecule has 0 radical (unpaired) electrons. The summed E-state index contributed by atoms with van der Waals surface area (Å²) < 4.78 is 5.18. The summed E-state index contributed by atoms with van der Waals surface area (Å²) in [6.07, 6.45) is 1.83. The summed E-state index contributed by atoms with van der Waals surface area (Å²) in [5.74, 6) is 0.863. The van der Waals surface area contributed by atoms with Crippen LogP contribution in [0, 0.1) is 13.8 Å². The molecule has 0 saturated carbocycles. The van der Waals surface area contributed by atoms with Crippen molar-refractivity contribution in [1.82, 2.24) is 4.90 Å². The molecule has 0 saturated heterocycles. The predicted octanol–water partition coefficient (Wildman–Crippen LogP) is 4.80. The van der Waals surface area contributed by atoms with Gasteiger partial charge in [0.15, 0.2) is 0 Å². The van der Waals surface area contributed by atoms with Crippen molar-refractivity contribution in [3.8, 4) is 5.75 Å². The molecule has 1 atom stereocenters. The Morgan fingerprint density at radius 1 is 1.16 bits per heavy atom. The van der Waals surface area contributed by atoms with Crippen LogP contribution in [0.2, 0.25) is 0 Å². The summed E-state index contributed by atoms with van der Waals surface area (Å²) in [6.45, 7) is 6.10. The Balaban J connectivity index is 1.90. The lowest BCUT2D eigenvalue weighted by Crippen LogP contribution is -2.38. The van der Waals surface area contributed by atoms with Crippen LogP contribution in [-0.2, 0) is 6.42 Å². The number of urea groups is 1. The SMILES string of the molecule is COc1ccc(CCC(C)N(C)C(=O)Nc2cc(C)ccc2C)cc1. The summed E-state index contributed by atoms with van der Waals surface area (Å²) in [5.41, 5.74) is 4.32. The van der Waals surface area contributed by atoms with E-state index in [0.29, 0.717) is 0 Å². The van der Waals surface area contributed by atoms with Gasteiger partial charge in [0.05, 0.1) is 7.11 Å². The maximum absolute atomic E-state index is 12.5. The molecule has 0 aliphatic rings. The molecule has 0 aliphatic heterocycles. The Labute approximate surface area is 150 Å². The minimum atomic E-state index is -0.0732. The Bertz CT molecular complexity index is 710. The molecule has 2 amide bonds. The molecule has 0 heterocycles. The second-order valence-electron chi connectivity index (χ2n) is 6.60. The zero-order valence-corrected chi connectivity index (χ0v) is 15.8. The lowest BCUT2D eigenvalue weighted by molar-refractivity contribution is 0.205. The summed E-state index contributed by atoms with van der Waals surface area (Å²) in [4.78, 5) is 14.3. The van der Waals surface area contributed by atoms with Gasteiger partial charge in [-0.15, -0.1) is 0 Å². The normalized spacial score (nSPS) is 11.7. The highest BCUT2D eigenvalue weighted by Crippen LogP contribution is 2.18. The van der Waals surface area contributed by atoms with E-state index in [0.717, 1.165) is 35.4 Å². The number of rotatable bonds is 6. The highest BCUT2D eigenvalue weighted by Gasteiger charge is 2.16. The summed E-state index contributed by atoms with van der Waals surface area (Å²) in [7, 11) is 3.51. The lowest BCUT2D eigenvalue weighted by Gasteiger charge is -2.26. The van der Waals surface area contributed by atoms with E-state index >= 15 is 0 Å². The van der Waals surface area contributed by atoms with Crippen molar-refractivity contribution >= 4 is 11.7 Å². The molecule has 0 spiro atoms. The van der Waals surface area contributed by atoms with Crippen molar-refractivity contribution in [3.05, 3.63) is 59.2 Å². The van der Waals surface area contributed by atoms with E-state index < -0.39 is 0 Å². The van der Waals surface area contributed by atoms with Crippen LogP contribution in [-0.4, -0.2) is 31.1 Å². The first-order valence-electron chi connectivity index (χ1n) is 8.64. The Hall–Kier alpha value is -2.49. The third-order valence-corrected chi connectivity index (χ3v) is 4.63. The topological polar surface area (TPSA) is 41.6 Å². The van der Waals surface area contributed by atoms with Crippen molar-refractivity contribution in [2.45, 2.75) is 39.7 Å². The lowest BCUT2D eigenvalue weighted by atomic mass is 10.1. The Morgan fingerprint density at radius 3 is 2.48 bits per heavy atom. The van der Waals surface area contributed by atoms with Crippen LogP contribution in [0.15, 0.2) is 42.5 Å². The van der Waals surface area contributed by atoms with Crippen molar-refractivity contribution in [2.24, 2.45) is 0 Å². The molecule has 1 N–H and O–H groups in total.